The van der Waals surface area contributed by atoms with E-state index in [-0.39, 0.29) is 11.7 Å². The first kappa shape index (κ1) is 12.9. The molecular weight excluding hydrogens is 252 g/mol. The van der Waals surface area contributed by atoms with Crippen molar-refractivity contribution in [3.63, 3.8) is 0 Å². The molecule has 94 valence electrons. The van der Waals surface area contributed by atoms with E-state index in [0.29, 0.717) is 0 Å². The Kier molecular flexibility index (Phi) is 4.16. The summed E-state index contributed by atoms with van der Waals surface area (Å²) in [5.41, 5.74) is 11.0. The van der Waals surface area contributed by atoms with E-state index in [1.807, 2.05) is 0 Å². The lowest BCUT2D eigenvalue weighted by atomic mass is 11.0. The van der Waals surface area contributed by atoms with Crippen LogP contribution in [0.15, 0.2) is 5.11 Å². The van der Waals surface area contributed by atoms with E-state index in [2.05, 4.69) is 46.8 Å². The fourth-order valence-corrected chi connectivity index (χ4v) is 0.830. The number of fused-ring (bicyclic) bond motifs is 1. The highest BCUT2D eigenvalue weighted by Crippen LogP contribution is 2.14. The Labute approximate surface area is 96.0 Å². The summed E-state index contributed by atoms with van der Waals surface area (Å²) in [5, 5.41) is 36.1. The van der Waals surface area contributed by atoms with Crippen molar-refractivity contribution in [2.75, 3.05) is 0 Å². The second-order valence-electron chi connectivity index (χ2n) is 2.24. The third-order valence-corrected chi connectivity index (χ3v) is 1.33. The van der Waals surface area contributed by atoms with E-state index in [0.717, 1.165) is 4.52 Å². The molecule has 0 fully saturated rings. The van der Waals surface area contributed by atoms with Crippen LogP contribution >= 0.6 is 0 Å². The van der Waals surface area contributed by atoms with Gasteiger partial charge in [-0.25, -0.2) is 21.2 Å². The number of nitro groups is 1. The standard InChI is InChI=1S/C3N11O2.H4NO/c4-12-6-1-5-7-2-8-9-3(11-14(15)16)13(2)10-1;1-2/h;2H,1H3/q-1;+1. The van der Waals surface area contributed by atoms with Gasteiger partial charge < -0.3 is 0 Å². The van der Waals surface area contributed by atoms with Crippen LogP contribution in [0.4, 0.5) is 11.9 Å². The summed E-state index contributed by atoms with van der Waals surface area (Å²) in [5.74, 6) is 1.43. The van der Waals surface area contributed by atoms with Gasteiger partial charge in [-0.3, -0.25) is 9.61 Å². The zero-order valence-corrected chi connectivity index (χ0v) is 8.39. The third kappa shape index (κ3) is 2.70. The molecule has 0 bridgehead atoms. The monoisotopic (exact) mass is 256 g/mol. The SMILES string of the molecule is [N-]=[N+]=Nc1nnc2nnc([N-][N+](=O)[O-])n2n1.[NH3+]O. The first-order valence-electron chi connectivity index (χ1n) is 3.89. The maximum atomic E-state index is 10.1. The lowest BCUT2D eigenvalue weighted by Gasteiger charge is -2.00. The van der Waals surface area contributed by atoms with Crippen LogP contribution in [0, 0.1) is 10.1 Å². The van der Waals surface area contributed by atoms with E-state index >= 15 is 0 Å². The molecule has 2 aromatic heterocycles. The van der Waals surface area contributed by atoms with Gasteiger partial charge in [0.15, 0.2) is 0 Å². The summed E-state index contributed by atoms with van der Waals surface area (Å²) in [7, 11) is 0. The molecule has 0 aliphatic carbocycles. The highest BCUT2D eigenvalue weighted by Gasteiger charge is 2.04. The Morgan fingerprint density at radius 2 is 2.11 bits per heavy atom. The molecule has 0 aliphatic heterocycles. The Morgan fingerprint density at radius 1 is 1.44 bits per heavy atom. The number of hydrogen-bond acceptors (Lipinski definition) is 9. The van der Waals surface area contributed by atoms with Crippen molar-refractivity contribution in [1.82, 2.24) is 30.0 Å². The average Bonchev–Trinajstić information content (AvgIpc) is 2.74. The number of rotatable bonds is 3. The molecule has 18 heavy (non-hydrogen) atoms. The molecule has 2 heterocycles. The summed E-state index contributed by atoms with van der Waals surface area (Å²) in [4.78, 5) is 12.6. The van der Waals surface area contributed by atoms with Crippen molar-refractivity contribution in [2.45, 2.75) is 0 Å². The van der Waals surface area contributed by atoms with Gasteiger partial charge in [0.25, 0.3) is 0 Å². The Bertz CT molecular complexity index is 598. The Hall–Kier alpha value is -3.16. The third-order valence-electron chi connectivity index (χ3n) is 1.33. The molecule has 0 atom stereocenters. The van der Waals surface area contributed by atoms with Gasteiger partial charge in [0, 0.05) is 4.91 Å². The van der Waals surface area contributed by atoms with Crippen LogP contribution in [0.25, 0.3) is 21.6 Å². The number of azide groups is 1. The van der Waals surface area contributed by atoms with Gasteiger partial charge in [-0.05, 0) is 10.6 Å². The number of hydrogen-bond donors (Lipinski definition) is 2. The van der Waals surface area contributed by atoms with Crippen molar-refractivity contribution in [3.05, 3.63) is 26.0 Å². The van der Waals surface area contributed by atoms with Crippen LogP contribution in [-0.2, 0) is 0 Å². The predicted molar refractivity (Wildman–Crippen MR) is 49.9 cm³/mol. The first-order chi connectivity index (χ1) is 8.70. The van der Waals surface area contributed by atoms with Crippen molar-refractivity contribution < 1.29 is 16.1 Å². The first-order valence-corrected chi connectivity index (χ1v) is 3.89. The topological polar surface area (TPSA) is 223 Å². The maximum Gasteiger partial charge on any atom is 0.244 e. The van der Waals surface area contributed by atoms with Gasteiger partial charge in [-0.15, -0.1) is 10.2 Å². The van der Waals surface area contributed by atoms with Crippen LogP contribution in [0.3, 0.4) is 0 Å². The average molecular weight is 256 g/mol. The molecule has 0 aromatic carbocycles. The minimum absolute atomic E-state index is 0.0995. The molecule has 0 radical (unpaired) electrons. The van der Waals surface area contributed by atoms with Crippen molar-refractivity contribution in [2.24, 2.45) is 5.11 Å². The zero-order valence-electron chi connectivity index (χ0n) is 8.39. The molecule has 0 saturated carbocycles. The molecule has 0 spiro atoms. The summed E-state index contributed by atoms with van der Waals surface area (Å²) in [6.45, 7) is 0. The van der Waals surface area contributed by atoms with Gasteiger partial charge >= 0.3 is 0 Å². The van der Waals surface area contributed by atoms with Gasteiger partial charge in [0.2, 0.25) is 11.7 Å². The fraction of sp³-hybridized carbons (Fsp3) is 0. The van der Waals surface area contributed by atoms with E-state index in [4.69, 9.17) is 10.7 Å². The fourth-order valence-electron chi connectivity index (χ4n) is 0.830. The number of quaternary nitrogens is 1. The van der Waals surface area contributed by atoms with E-state index in [9.17, 15) is 10.1 Å². The predicted octanol–water partition coefficient (Wildman–Crippen LogP) is -1.33. The second-order valence-corrected chi connectivity index (χ2v) is 2.24. The van der Waals surface area contributed by atoms with E-state index < -0.39 is 11.0 Å². The second kappa shape index (κ2) is 5.80. The van der Waals surface area contributed by atoms with Crippen LogP contribution in [0.1, 0.15) is 0 Å². The summed E-state index contributed by atoms with van der Waals surface area (Å²) in [6, 6.07) is 0. The lowest BCUT2D eigenvalue weighted by molar-refractivity contribution is -0.670. The van der Waals surface area contributed by atoms with Gasteiger partial charge in [0.05, 0.1) is 0 Å². The minimum atomic E-state index is -0.966. The van der Waals surface area contributed by atoms with Crippen LogP contribution in [-0.4, -0.2) is 40.2 Å². The molecular formula is C3H4N12O3. The van der Waals surface area contributed by atoms with Gasteiger partial charge in [-0.1, -0.05) is 5.43 Å². The van der Waals surface area contributed by atoms with Crippen LogP contribution in [0.2, 0.25) is 0 Å². The normalized spacial score (nSPS) is 9.00. The molecule has 0 saturated heterocycles. The molecule has 15 heteroatoms. The summed E-state index contributed by atoms with van der Waals surface area (Å²) in [6.07, 6.45) is 0. The number of nitrogens with zero attached hydrogens (tertiary/aromatic N) is 11. The van der Waals surface area contributed by atoms with Crippen molar-refractivity contribution in [3.8, 4) is 0 Å². The highest BCUT2D eigenvalue weighted by molar-refractivity contribution is 5.37. The minimum Gasteiger partial charge on any atom is -0.265 e. The Morgan fingerprint density at radius 3 is 2.72 bits per heavy atom. The molecule has 2 rings (SSSR count). The molecule has 15 nitrogen and oxygen atoms in total. The summed E-state index contributed by atoms with van der Waals surface area (Å²) >= 11 is 0. The van der Waals surface area contributed by atoms with Gasteiger partial charge in [-0.2, -0.15) is 10.2 Å². The zero-order chi connectivity index (χ0) is 13.5. The quantitative estimate of drug-likeness (QED) is 0.219. The Balaban J connectivity index is 0.000000771. The molecule has 0 amide bonds. The van der Waals surface area contributed by atoms with Crippen LogP contribution in [0.5, 0.6) is 0 Å². The van der Waals surface area contributed by atoms with Crippen molar-refractivity contribution in [1.29, 1.82) is 0 Å². The maximum absolute atomic E-state index is 10.1. The van der Waals surface area contributed by atoms with E-state index in [1.54, 1.807) is 0 Å². The molecule has 2 aromatic rings. The highest BCUT2D eigenvalue weighted by atomic mass is 16.7. The lowest BCUT2D eigenvalue weighted by Crippen LogP contribution is -2.42. The number of aromatic nitrogens is 6. The van der Waals surface area contributed by atoms with Crippen molar-refractivity contribution >= 4 is 17.7 Å². The molecule has 0 unspecified atom stereocenters. The van der Waals surface area contributed by atoms with E-state index in [1.165, 1.54) is 0 Å². The molecule has 4 N–H and O–H groups in total. The van der Waals surface area contributed by atoms with Crippen LogP contribution < -0.4 is 5.90 Å². The smallest absolute Gasteiger partial charge is 0.244 e. The molecule has 0 aliphatic rings. The summed E-state index contributed by atoms with van der Waals surface area (Å²) < 4.78 is 0.833. The van der Waals surface area contributed by atoms with Gasteiger partial charge in [0.1, 0.15) is 11.0 Å². The largest absolute Gasteiger partial charge is 0.265 e.